The van der Waals surface area contributed by atoms with Crippen LogP contribution in [0, 0.1) is 0 Å². The minimum atomic E-state index is -2.70. The van der Waals surface area contributed by atoms with Crippen LogP contribution in [-0.2, 0) is 0 Å². The molecule has 0 bridgehead atoms. The fourth-order valence-electron chi connectivity index (χ4n) is 15.1. The summed E-state index contributed by atoms with van der Waals surface area (Å²) in [6, 6.07) is 143. The molecule has 0 N–H and O–H groups in total. The number of benzene rings is 15. The Morgan fingerprint density at radius 3 is 0.990 bits per heavy atom. The van der Waals surface area contributed by atoms with E-state index in [0.29, 0.717) is 0 Å². The smallest absolute Gasteiger partial charge is 0.179 e. The number of nitrogens with zero attached hydrogens (tertiary/aromatic N) is 4. The number of rotatable bonds is 16. The second kappa shape index (κ2) is 25.5. The maximum atomic E-state index is 5.17. The summed E-state index contributed by atoms with van der Waals surface area (Å²) in [6.07, 6.45) is 0. The monoisotopic (exact) mass is 1290 g/mol. The molecule has 0 aliphatic rings. The zero-order chi connectivity index (χ0) is 64.5. The fourth-order valence-corrected chi connectivity index (χ4v) is 25.2. The molecular formula is C90H64N4SSi2. The Morgan fingerprint density at radius 2 is 0.567 bits per heavy atom. The van der Waals surface area contributed by atoms with E-state index in [1.54, 1.807) is 0 Å². The Hall–Kier alpha value is -11.8. The van der Waals surface area contributed by atoms with Crippen LogP contribution in [0.2, 0.25) is 0 Å². The fraction of sp³-hybridized carbons (Fsp3) is 0. The zero-order valence-corrected chi connectivity index (χ0v) is 56.0. The molecule has 0 spiro atoms. The van der Waals surface area contributed by atoms with Crippen molar-refractivity contribution in [2.24, 2.45) is 0 Å². The Labute approximate surface area is 572 Å². The lowest BCUT2D eigenvalue weighted by atomic mass is 9.99. The molecule has 4 nitrogen and oxygen atoms in total. The molecule has 0 saturated heterocycles. The van der Waals surface area contributed by atoms with Gasteiger partial charge in [0.05, 0.1) is 28.4 Å². The van der Waals surface area contributed by atoms with Gasteiger partial charge in [-0.25, -0.2) is 0 Å². The molecule has 17 aromatic rings. The molecule has 0 amide bonds. The van der Waals surface area contributed by atoms with Crippen molar-refractivity contribution >= 4 is 119 Å². The van der Waals surface area contributed by atoms with Crippen molar-refractivity contribution in [1.82, 2.24) is 13.3 Å². The minimum absolute atomic E-state index is 0.841. The summed E-state index contributed by atoms with van der Waals surface area (Å²) in [7, 11) is -5.41. The normalized spacial score (nSPS) is 11.7. The van der Waals surface area contributed by atoms with Crippen LogP contribution < -0.4 is 46.4 Å². The second-order valence-corrected chi connectivity index (χ2v) is 33.0. The predicted octanol–water partition coefficient (Wildman–Crippen LogP) is 17.7. The highest BCUT2D eigenvalue weighted by molar-refractivity contribution is 7.20. The van der Waals surface area contributed by atoms with Crippen LogP contribution in [0.4, 0.5) is 17.1 Å². The molecule has 2 aromatic heterocycles. The summed E-state index contributed by atoms with van der Waals surface area (Å²) < 4.78 is 12.7. The lowest BCUT2D eigenvalue weighted by Gasteiger charge is -2.34. The van der Waals surface area contributed by atoms with Crippen molar-refractivity contribution in [2.45, 2.75) is 0 Å². The van der Waals surface area contributed by atoms with Gasteiger partial charge in [0.2, 0.25) is 0 Å². The Balaban J connectivity index is 0.756. The maximum absolute atomic E-state index is 5.17. The Morgan fingerprint density at radius 1 is 0.247 bits per heavy atom. The molecule has 17 rings (SSSR count). The Kier molecular flexibility index (Phi) is 15.5. The van der Waals surface area contributed by atoms with Gasteiger partial charge < -0.3 is 9.47 Å². The van der Waals surface area contributed by atoms with Crippen LogP contribution >= 0.6 is 11.7 Å². The summed E-state index contributed by atoms with van der Waals surface area (Å²) >= 11 is 1.26. The first-order valence-electron chi connectivity index (χ1n) is 33.1. The van der Waals surface area contributed by atoms with Gasteiger partial charge in [0.1, 0.15) is 11.0 Å². The van der Waals surface area contributed by atoms with Gasteiger partial charge >= 0.3 is 0 Å². The number of para-hydroxylation sites is 1. The largest absolute Gasteiger partial charge is 0.309 e. The van der Waals surface area contributed by atoms with Crippen LogP contribution in [-0.4, -0.2) is 29.5 Å². The first kappa shape index (κ1) is 58.9. The second-order valence-electron chi connectivity index (χ2n) is 24.9. The minimum Gasteiger partial charge on any atom is -0.309 e. The average molecular weight is 1290 g/mol. The average Bonchev–Trinajstić information content (AvgIpc) is 1.34. The first-order chi connectivity index (χ1) is 48.1. The molecule has 0 radical (unpaired) electrons. The van der Waals surface area contributed by atoms with Crippen LogP contribution in [0.1, 0.15) is 0 Å². The van der Waals surface area contributed by atoms with Crippen molar-refractivity contribution in [2.75, 3.05) is 4.90 Å². The highest BCUT2D eigenvalue weighted by Crippen LogP contribution is 2.44. The van der Waals surface area contributed by atoms with Gasteiger partial charge in [-0.3, -0.25) is 0 Å². The van der Waals surface area contributed by atoms with E-state index in [1.165, 1.54) is 75.1 Å². The van der Waals surface area contributed by atoms with Crippen molar-refractivity contribution in [3.05, 3.63) is 388 Å². The van der Waals surface area contributed by atoms with Crippen molar-refractivity contribution in [1.29, 1.82) is 0 Å². The van der Waals surface area contributed by atoms with Gasteiger partial charge in [-0.15, -0.1) is 0 Å². The summed E-state index contributed by atoms with van der Waals surface area (Å²) in [6.45, 7) is 0. The molecule has 0 aliphatic carbocycles. The van der Waals surface area contributed by atoms with Crippen LogP contribution in [0.3, 0.4) is 0 Å². The highest BCUT2D eigenvalue weighted by atomic mass is 32.1. The molecule has 0 atom stereocenters. The lowest BCUT2D eigenvalue weighted by Crippen LogP contribution is -2.74. The van der Waals surface area contributed by atoms with Crippen LogP contribution in [0.25, 0.3) is 83.0 Å². The van der Waals surface area contributed by atoms with E-state index >= 15 is 0 Å². The van der Waals surface area contributed by atoms with Gasteiger partial charge in [0, 0.05) is 33.4 Å². The highest BCUT2D eigenvalue weighted by Gasteiger charge is 2.43. The first-order valence-corrected chi connectivity index (χ1v) is 37.8. The predicted molar refractivity (Wildman–Crippen MR) is 415 cm³/mol. The summed E-state index contributed by atoms with van der Waals surface area (Å²) in [5.74, 6) is 0. The van der Waals surface area contributed by atoms with Gasteiger partial charge in [-0.2, -0.15) is 8.75 Å². The van der Waals surface area contributed by atoms with Crippen molar-refractivity contribution in [3.8, 4) is 50.2 Å². The van der Waals surface area contributed by atoms with Crippen LogP contribution in [0.5, 0.6) is 0 Å². The van der Waals surface area contributed by atoms with Gasteiger partial charge in [0.25, 0.3) is 0 Å². The number of aromatic nitrogens is 3. The SMILES string of the molecule is c1ccc(-c2ccc(-n3c4ccccc4c4cc(-c5ccc(N(c6ccc(-c7ccc([Si](c8ccccc8)(c8ccccc8)c8ccccc8)cc7)cc6)c6ccc(-c7ccc([Si](c8ccccc8)(c8ccccc8)c8ccccc8)cc7)cc6)c6nsnc56)ccc43)cc2)cc1. The van der Waals surface area contributed by atoms with Crippen LogP contribution in [0.15, 0.2) is 388 Å². The quantitative estimate of drug-likeness (QED) is 0.0714. The van der Waals surface area contributed by atoms with Gasteiger partial charge in [-0.1, -0.05) is 322 Å². The third-order valence-electron chi connectivity index (χ3n) is 19.6. The van der Waals surface area contributed by atoms with Gasteiger partial charge in [-0.05, 0) is 147 Å². The molecule has 0 unspecified atom stereocenters. The molecule has 0 saturated carbocycles. The standard InChI is InChI=1S/C90H64N4SSi2/c1-8-24-65(25-9-1)66-44-55-74(56-45-66)94-86-39-23-22-38-84(86)85-64-71(50-62-87(85)94)83-61-63-88(90-89(83)91-95-92-90)93(72-51-40-67(41-52-72)69-46-57-81(58-47-69)96(75-26-10-2-11-27-75,76-28-12-3-13-29-76)77-30-14-4-15-31-77)73-53-42-68(43-54-73)70-48-59-82(60-49-70)97(78-32-16-5-17-33-78,79-34-18-6-19-35-79)80-36-20-7-21-37-80/h1-64H. The molecular weight excluding hydrogens is 1230 g/mol. The van der Waals surface area contributed by atoms with Crippen molar-refractivity contribution in [3.63, 3.8) is 0 Å². The molecule has 15 aromatic carbocycles. The molecule has 2 heterocycles. The molecule has 7 heteroatoms. The summed E-state index contributed by atoms with van der Waals surface area (Å²) in [4.78, 5) is 2.35. The number of anilines is 3. The topological polar surface area (TPSA) is 34.0 Å². The van der Waals surface area contributed by atoms with E-state index in [4.69, 9.17) is 8.75 Å². The third-order valence-corrected chi connectivity index (χ3v) is 29.8. The number of fused-ring (bicyclic) bond motifs is 4. The zero-order valence-electron chi connectivity index (χ0n) is 53.1. The maximum Gasteiger partial charge on any atom is 0.179 e. The van der Waals surface area contributed by atoms with Crippen molar-refractivity contribution < 1.29 is 0 Å². The van der Waals surface area contributed by atoms with E-state index < -0.39 is 16.1 Å². The third kappa shape index (κ3) is 10.4. The van der Waals surface area contributed by atoms with E-state index in [9.17, 15) is 0 Å². The lowest BCUT2D eigenvalue weighted by molar-refractivity contribution is 1.18. The summed E-state index contributed by atoms with van der Waals surface area (Å²) in [5, 5.41) is 13.2. The van der Waals surface area contributed by atoms with E-state index in [-0.39, 0.29) is 0 Å². The molecule has 0 fully saturated rings. The molecule has 97 heavy (non-hydrogen) atoms. The number of hydrogen-bond donors (Lipinski definition) is 0. The van der Waals surface area contributed by atoms with E-state index in [1.807, 2.05) is 0 Å². The number of hydrogen-bond acceptors (Lipinski definition) is 4. The summed E-state index contributed by atoms with van der Waals surface area (Å²) in [5.41, 5.74) is 17.2. The van der Waals surface area contributed by atoms with Gasteiger partial charge in [0.15, 0.2) is 16.1 Å². The molecule has 0 aliphatic heterocycles. The molecule has 458 valence electrons. The van der Waals surface area contributed by atoms with E-state index in [2.05, 4.69) is 398 Å². The Bertz CT molecular complexity index is 5160. The van der Waals surface area contributed by atoms with E-state index in [0.717, 1.165) is 78.2 Å².